The van der Waals surface area contributed by atoms with Gasteiger partial charge in [0.05, 0.1) is 17.4 Å². The van der Waals surface area contributed by atoms with Crippen LogP contribution in [-0.2, 0) is 19.6 Å². The van der Waals surface area contributed by atoms with Crippen molar-refractivity contribution < 1.29 is 22.7 Å². The minimum atomic E-state index is -3.43. The largest absolute Gasteiger partial charge is 0.444 e. The summed E-state index contributed by atoms with van der Waals surface area (Å²) in [6, 6.07) is -0.302. The minimum absolute atomic E-state index is 0.0785. The number of amides is 2. The van der Waals surface area contributed by atoms with Crippen molar-refractivity contribution in [1.29, 1.82) is 0 Å². The molecule has 2 aliphatic rings. The van der Waals surface area contributed by atoms with Crippen LogP contribution < -0.4 is 10.6 Å². The van der Waals surface area contributed by atoms with Crippen LogP contribution >= 0.6 is 0 Å². The molecule has 1 atom stereocenters. The first-order valence-corrected chi connectivity index (χ1v) is 10.7. The van der Waals surface area contributed by atoms with Crippen LogP contribution in [0, 0.1) is 5.92 Å². The molecular formula is C18H28N4O5S. The Morgan fingerprint density at radius 1 is 1.29 bits per heavy atom. The number of hydrogen-bond donors (Lipinski definition) is 2. The van der Waals surface area contributed by atoms with E-state index in [0.29, 0.717) is 11.4 Å². The van der Waals surface area contributed by atoms with Gasteiger partial charge in [0.25, 0.3) is 15.9 Å². The molecule has 0 saturated heterocycles. The van der Waals surface area contributed by atoms with Crippen LogP contribution in [0.5, 0.6) is 0 Å². The molecule has 10 heteroatoms. The van der Waals surface area contributed by atoms with Crippen molar-refractivity contribution >= 4 is 27.9 Å². The highest BCUT2D eigenvalue weighted by Crippen LogP contribution is 2.16. The Balaban J connectivity index is 1.96. The van der Waals surface area contributed by atoms with Gasteiger partial charge < -0.3 is 20.3 Å². The molecule has 2 amide bonds. The SMILES string of the molecule is CC(C)[C@@H](CNC(=O)C1=CN2CCS(=O)(=O)N=C2C=C1)NC(=O)OC(C)(C)C. The number of alkyl carbamates (subject to hydrolysis) is 1. The molecule has 2 aliphatic heterocycles. The van der Waals surface area contributed by atoms with Crippen molar-refractivity contribution in [3.05, 3.63) is 23.9 Å². The van der Waals surface area contributed by atoms with E-state index in [2.05, 4.69) is 15.0 Å². The van der Waals surface area contributed by atoms with Gasteiger partial charge in [-0.1, -0.05) is 13.8 Å². The fourth-order valence-corrected chi connectivity index (χ4v) is 3.52. The lowest BCUT2D eigenvalue weighted by molar-refractivity contribution is -0.117. The third-order valence-electron chi connectivity index (χ3n) is 4.08. The molecule has 0 unspecified atom stereocenters. The predicted molar refractivity (Wildman–Crippen MR) is 106 cm³/mol. The van der Waals surface area contributed by atoms with Crippen molar-refractivity contribution in [1.82, 2.24) is 15.5 Å². The summed E-state index contributed by atoms with van der Waals surface area (Å²) in [6.07, 6.45) is 4.07. The van der Waals surface area contributed by atoms with Crippen LogP contribution in [0.1, 0.15) is 34.6 Å². The number of carbonyl (C=O) groups is 2. The maximum Gasteiger partial charge on any atom is 0.407 e. The van der Waals surface area contributed by atoms with E-state index in [4.69, 9.17) is 4.74 Å². The maximum absolute atomic E-state index is 12.5. The number of sulfonamides is 1. The Morgan fingerprint density at radius 2 is 1.96 bits per heavy atom. The number of hydrogen-bond acceptors (Lipinski definition) is 6. The summed E-state index contributed by atoms with van der Waals surface area (Å²) in [5.74, 6) is -0.0325. The first-order valence-electron chi connectivity index (χ1n) is 9.13. The molecule has 0 aliphatic carbocycles. The molecular weight excluding hydrogens is 384 g/mol. The third-order valence-corrected chi connectivity index (χ3v) is 5.24. The topological polar surface area (TPSA) is 117 Å². The number of amidine groups is 1. The molecule has 0 aromatic carbocycles. The first-order chi connectivity index (χ1) is 12.9. The molecule has 0 aromatic heterocycles. The average molecular weight is 413 g/mol. The normalized spacial score (nSPS) is 19.3. The van der Waals surface area contributed by atoms with E-state index in [0.717, 1.165) is 0 Å². The van der Waals surface area contributed by atoms with Gasteiger partial charge in [-0.25, -0.2) is 13.2 Å². The van der Waals surface area contributed by atoms with Crippen molar-refractivity contribution in [2.24, 2.45) is 10.3 Å². The zero-order valence-corrected chi connectivity index (χ0v) is 17.7. The standard InChI is InChI=1S/C18H28N4O5S/c1-12(2)14(20-17(24)27-18(3,4)5)10-19-16(23)13-6-7-15-21-28(25,26)9-8-22(15)11-13/h6-7,11-12,14H,8-10H2,1-5H3,(H,19,23)(H,20,24)/t14-/m1/s1. The molecule has 0 radical (unpaired) electrons. The summed E-state index contributed by atoms with van der Waals surface area (Å²) < 4.78 is 32.0. The number of carbonyl (C=O) groups excluding carboxylic acids is 2. The van der Waals surface area contributed by atoms with Gasteiger partial charge in [-0.05, 0) is 38.8 Å². The molecule has 0 spiro atoms. The first kappa shape index (κ1) is 21.9. The van der Waals surface area contributed by atoms with Crippen LogP contribution in [0.3, 0.4) is 0 Å². The fourth-order valence-electron chi connectivity index (χ4n) is 2.55. The number of nitrogens with zero attached hydrogens (tertiary/aromatic N) is 2. The van der Waals surface area contributed by atoms with Gasteiger partial charge in [-0.15, -0.1) is 4.40 Å². The lowest BCUT2D eigenvalue weighted by Crippen LogP contribution is -2.48. The molecule has 0 aromatic rings. The Labute approximate surface area is 166 Å². The number of nitrogens with one attached hydrogen (secondary N) is 2. The minimum Gasteiger partial charge on any atom is -0.444 e. The van der Waals surface area contributed by atoms with Crippen molar-refractivity contribution in [3.63, 3.8) is 0 Å². The summed E-state index contributed by atoms with van der Waals surface area (Å²) >= 11 is 0. The second-order valence-corrected chi connectivity index (χ2v) is 9.81. The molecule has 28 heavy (non-hydrogen) atoms. The van der Waals surface area contributed by atoms with E-state index >= 15 is 0 Å². The third kappa shape index (κ3) is 6.36. The van der Waals surface area contributed by atoms with Crippen LogP contribution in [0.15, 0.2) is 28.3 Å². The smallest absolute Gasteiger partial charge is 0.407 e. The Hall–Kier alpha value is -2.36. The summed E-state index contributed by atoms with van der Waals surface area (Å²) in [5, 5.41) is 5.58. The highest BCUT2D eigenvalue weighted by Gasteiger charge is 2.26. The highest BCUT2D eigenvalue weighted by atomic mass is 32.2. The summed E-state index contributed by atoms with van der Waals surface area (Å²) in [4.78, 5) is 26.1. The van der Waals surface area contributed by atoms with E-state index in [1.165, 1.54) is 12.2 Å². The summed E-state index contributed by atoms with van der Waals surface area (Å²) in [6.45, 7) is 9.70. The second-order valence-electron chi connectivity index (χ2n) is 8.05. The zero-order chi connectivity index (χ0) is 21.1. The molecule has 2 N–H and O–H groups in total. The number of fused-ring (bicyclic) bond motifs is 1. The van der Waals surface area contributed by atoms with Gasteiger partial charge in [0.1, 0.15) is 11.4 Å². The van der Waals surface area contributed by atoms with Gasteiger partial charge in [-0.3, -0.25) is 4.79 Å². The predicted octanol–water partition coefficient (Wildman–Crippen LogP) is 1.15. The molecule has 9 nitrogen and oxygen atoms in total. The molecule has 156 valence electrons. The van der Waals surface area contributed by atoms with Crippen LogP contribution in [0.25, 0.3) is 0 Å². The average Bonchev–Trinajstić information content (AvgIpc) is 2.55. The van der Waals surface area contributed by atoms with Gasteiger partial charge in [0.2, 0.25) is 0 Å². The zero-order valence-electron chi connectivity index (χ0n) is 16.9. The fraction of sp³-hybridized carbons (Fsp3) is 0.611. The van der Waals surface area contributed by atoms with Gasteiger partial charge in [0, 0.05) is 19.3 Å². The van der Waals surface area contributed by atoms with Gasteiger partial charge in [0.15, 0.2) is 0 Å². The van der Waals surface area contributed by atoms with Crippen LogP contribution in [0.2, 0.25) is 0 Å². The van der Waals surface area contributed by atoms with E-state index in [1.54, 1.807) is 31.9 Å². The van der Waals surface area contributed by atoms with Crippen molar-refractivity contribution in [2.45, 2.75) is 46.3 Å². The Bertz CT molecular complexity index is 821. The van der Waals surface area contributed by atoms with Crippen molar-refractivity contribution in [3.8, 4) is 0 Å². The molecule has 0 bridgehead atoms. The van der Waals surface area contributed by atoms with Crippen molar-refractivity contribution in [2.75, 3.05) is 18.8 Å². The number of ether oxygens (including phenoxy) is 1. The van der Waals surface area contributed by atoms with E-state index in [1.807, 2.05) is 13.8 Å². The van der Waals surface area contributed by atoms with Gasteiger partial charge >= 0.3 is 6.09 Å². The summed E-state index contributed by atoms with van der Waals surface area (Å²) in [5.41, 5.74) is -0.216. The summed E-state index contributed by atoms with van der Waals surface area (Å²) in [7, 11) is -3.43. The maximum atomic E-state index is 12.5. The lowest BCUT2D eigenvalue weighted by atomic mass is 10.0. The van der Waals surface area contributed by atoms with E-state index in [9.17, 15) is 18.0 Å². The molecule has 0 fully saturated rings. The molecule has 2 heterocycles. The van der Waals surface area contributed by atoms with E-state index in [-0.39, 0.29) is 36.7 Å². The molecule has 0 saturated carbocycles. The highest BCUT2D eigenvalue weighted by molar-refractivity contribution is 7.90. The Kier molecular flexibility index (Phi) is 6.53. The number of rotatable bonds is 5. The van der Waals surface area contributed by atoms with E-state index < -0.39 is 21.7 Å². The van der Waals surface area contributed by atoms with Crippen LogP contribution in [-0.4, -0.2) is 61.6 Å². The second kappa shape index (κ2) is 8.34. The van der Waals surface area contributed by atoms with Gasteiger partial charge in [-0.2, -0.15) is 0 Å². The lowest BCUT2D eigenvalue weighted by Gasteiger charge is -2.28. The quantitative estimate of drug-likeness (QED) is 0.700. The Morgan fingerprint density at radius 3 is 2.57 bits per heavy atom. The monoisotopic (exact) mass is 412 g/mol. The van der Waals surface area contributed by atoms with Crippen LogP contribution in [0.4, 0.5) is 4.79 Å². The molecule has 2 rings (SSSR count).